The number of rotatable bonds is 7. The van der Waals surface area contributed by atoms with E-state index in [1.165, 1.54) is 144 Å². The topological polar surface area (TPSA) is 6.48 Å². The first-order valence-electron chi connectivity index (χ1n) is 25.3. The summed E-state index contributed by atoms with van der Waals surface area (Å²) in [7, 11) is 0. The lowest BCUT2D eigenvalue weighted by Gasteiger charge is -2.45. The molecule has 10 aromatic carbocycles. The summed E-state index contributed by atoms with van der Waals surface area (Å²) in [6.07, 6.45) is 6.35. The molecule has 0 saturated heterocycles. The zero-order chi connectivity index (χ0) is 46.2. The van der Waals surface area contributed by atoms with Gasteiger partial charge in [-0.1, -0.05) is 207 Å². The highest BCUT2D eigenvalue weighted by molar-refractivity contribution is 7.00. The molecule has 0 bridgehead atoms. The summed E-state index contributed by atoms with van der Waals surface area (Å²) >= 11 is 0. The van der Waals surface area contributed by atoms with E-state index in [1.54, 1.807) is 0 Å². The highest BCUT2D eigenvalue weighted by Gasteiger charge is 2.47. The largest absolute Gasteiger partial charge is 0.311 e. The van der Waals surface area contributed by atoms with Crippen LogP contribution in [0.15, 0.2) is 243 Å². The van der Waals surface area contributed by atoms with Gasteiger partial charge in [-0.2, -0.15) is 0 Å². The Kier molecular flexibility index (Phi) is 9.66. The number of fused-ring (bicyclic) bond motifs is 7. The monoisotopic (exact) mass is 894 g/mol. The van der Waals surface area contributed by atoms with Crippen molar-refractivity contribution >= 4 is 57.2 Å². The zero-order valence-corrected chi connectivity index (χ0v) is 39.2. The van der Waals surface area contributed by atoms with Crippen LogP contribution in [0.1, 0.15) is 65.8 Å². The van der Waals surface area contributed by atoms with E-state index in [1.807, 2.05) is 0 Å². The van der Waals surface area contributed by atoms with Crippen molar-refractivity contribution in [1.29, 1.82) is 0 Å². The van der Waals surface area contributed by atoms with Gasteiger partial charge in [-0.05, 0) is 151 Å². The molecule has 2 aliphatic carbocycles. The fourth-order valence-corrected chi connectivity index (χ4v) is 13.0. The number of anilines is 6. The third-order valence-corrected chi connectivity index (χ3v) is 16.1. The SMILES string of the molecule is c1ccc(-c2ccc3c(c2)N(c2ccccc2)c2cc(C4CCCCC4)cc4c2B3c2ccccc2N4c2ccc(-c3ccc4c(c3)C(c3ccccc3)(c3ccccc3)c3ccccc3-4)cc2)cc1. The summed E-state index contributed by atoms with van der Waals surface area (Å²) < 4.78 is 0. The summed E-state index contributed by atoms with van der Waals surface area (Å²) in [5.74, 6) is 0.523. The minimum atomic E-state index is -0.448. The van der Waals surface area contributed by atoms with Crippen molar-refractivity contribution in [3.63, 3.8) is 0 Å². The minimum absolute atomic E-state index is 0.0712. The Morgan fingerprint density at radius 3 is 1.59 bits per heavy atom. The first-order chi connectivity index (χ1) is 34.7. The van der Waals surface area contributed by atoms with E-state index in [-0.39, 0.29) is 6.71 Å². The van der Waals surface area contributed by atoms with Gasteiger partial charge in [0, 0.05) is 34.1 Å². The van der Waals surface area contributed by atoms with E-state index in [4.69, 9.17) is 0 Å². The van der Waals surface area contributed by atoms with Gasteiger partial charge in [0.2, 0.25) is 0 Å². The van der Waals surface area contributed by atoms with Crippen LogP contribution in [0.25, 0.3) is 33.4 Å². The molecule has 332 valence electrons. The van der Waals surface area contributed by atoms with Gasteiger partial charge in [0.1, 0.15) is 0 Å². The second kappa shape index (κ2) is 16.5. The third kappa shape index (κ3) is 6.27. The van der Waals surface area contributed by atoms with Gasteiger partial charge >= 0.3 is 0 Å². The summed E-state index contributed by atoms with van der Waals surface area (Å²) in [6.45, 7) is 0.0712. The molecule has 3 heteroatoms. The molecule has 0 atom stereocenters. The first-order valence-corrected chi connectivity index (χ1v) is 25.3. The molecule has 1 fully saturated rings. The molecule has 0 N–H and O–H groups in total. The molecule has 0 amide bonds. The van der Waals surface area contributed by atoms with Crippen molar-refractivity contribution < 1.29 is 0 Å². The van der Waals surface area contributed by atoms with E-state index >= 15 is 0 Å². The Bertz CT molecular complexity index is 3540. The maximum absolute atomic E-state index is 2.59. The summed E-state index contributed by atoms with van der Waals surface area (Å²) in [4.78, 5) is 5.16. The normalized spacial score (nSPS) is 15.1. The molecule has 70 heavy (non-hydrogen) atoms. The summed E-state index contributed by atoms with van der Waals surface area (Å²) in [5, 5.41) is 0. The van der Waals surface area contributed by atoms with E-state index < -0.39 is 5.41 Å². The predicted octanol–water partition coefficient (Wildman–Crippen LogP) is 15.5. The lowest BCUT2D eigenvalue weighted by molar-refractivity contribution is 0.444. The Morgan fingerprint density at radius 2 is 0.871 bits per heavy atom. The van der Waals surface area contributed by atoms with Crippen LogP contribution in [-0.4, -0.2) is 6.71 Å². The van der Waals surface area contributed by atoms with E-state index in [0.29, 0.717) is 5.92 Å². The smallest absolute Gasteiger partial charge is 0.252 e. The lowest BCUT2D eigenvalue weighted by Crippen LogP contribution is -2.61. The highest BCUT2D eigenvalue weighted by Crippen LogP contribution is 2.57. The molecule has 2 nitrogen and oxygen atoms in total. The number of nitrogens with zero attached hydrogens (tertiary/aromatic N) is 2. The number of hydrogen-bond acceptors (Lipinski definition) is 2. The van der Waals surface area contributed by atoms with Crippen LogP contribution in [0.5, 0.6) is 0 Å². The fraction of sp³-hybridized carbons (Fsp3) is 0.104. The van der Waals surface area contributed by atoms with Gasteiger partial charge in [0.05, 0.1) is 5.41 Å². The molecule has 4 aliphatic rings. The molecule has 0 aromatic heterocycles. The van der Waals surface area contributed by atoms with Crippen molar-refractivity contribution in [1.82, 2.24) is 0 Å². The van der Waals surface area contributed by atoms with Crippen molar-refractivity contribution in [3.8, 4) is 33.4 Å². The predicted molar refractivity (Wildman–Crippen MR) is 294 cm³/mol. The molecule has 14 rings (SSSR count). The molecule has 2 aliphatic heterocycles. The van der Waals surface area contributed by atoms with Crippen molar-refractivity contribution in [3.05, 3.63) is 270 Å². The van der Waals surface area contributed by atoms with E-state index in [2.05, 4.69) is 252 Å². The van der Waals surface area contributed by atoms with Gasteiger partial charge < -0.3 is 9.80 Å². The van der Waals surface area contributed by atoms with Crippen molar-refractivity contribution in [2.45, 2.75) is 43.4 Å². The summed E-state index contributed by atoms with van der Waals surface area (Å²) in [6, 6.07) is 91.4. The van der Waals surface area contributed by atoms with Crippen LogP contribution in [0.3, 0.4) is 0 Å². The molecule has 0 unspecified atom stereocenters. The van der Waals surface area contributed by atoms with Crippen LogP contribution in [0.4, 0.5) is 34.1 Å². The maximum Gasteiger partial charge on any atom is 0.252 e. The second-order valence-electron chi connectivity index (χ2n) is 19.8. The number of hydrogen-bond donors (Lipinski definition) is 0. The molecule has 0 spiro atoms. The number of benzene rings is 10. The van der Waals surface area contributed by atoms with Crippen LogP contribution in [0, 0.1) is 0 Å². The standard InChI is InChI=1S/C67H51BN2/c1-6-20-46(21-7-1)50-37-41-61-63(43-50)70(54-28-14-5-15-29-54)65-45-51(47-22-8-2-9-23-47)44-64-66(65)68(61)60-32-18-19-33-62(60)69(64)55-38-34-48(35-39-55)49-36-40-57-56-30-16-17-31-58(56)67(59(57)42-49,52-24-10-3-11-25-52)53-26-12-4-13-27-53/h1,3-7,10-21,24-45,47H,2,8-9,22-23H2. The molecular formula is C67H51BN2. The van der Waals surface area contributed by atoms with Gasteiger partial charge in [-0.3, -0.25) is 0 Å². The quantitative estimate of drug-likeness (QED) is 0.147. The van der Waals surface area contributed by atoms with Crippen molar-refractivity contribution in [2.24, 2.45) is 0 Å². The van der Waals surface area contributed by atoms with Crippen LogP contribution in [-0.2, 0) is 5.41 Å². The lowest BCUT2D eigenvalue weighted by atomic mass is 9.33. The van der Waals surface area contributed by atoms with Crippen molar-refractivity contribution in [2.75, 3.05) is 9.80 Å². The fourth-order valence-electron chi connectivity index (χ4n) is 13.0. The Morgan fingerprint density at radius 1 is 0.357 bits per heavy atom. The highest BCUT2D eigenvalue weighted by atomic mass is 15.2. The van der Waals surface area contributed by atoms with E-state index in [9.17, 15) is 0 Å². The minimum Gasteiger partial charge on any atom is -0.311 e. The molecule has 2 heterocycles. The number of para-hydroxylation sites is 2. The molecule has 1 saturated carbocycles. The van der Waals surface area contributed by atoms with E-state index in [0.717, 1.165) is 0 Å². The Balaban J connectivity index is 0.943. The first kappa shape index (κ1) is 40.9. The molecule has 10 aromatic rings. The van der Waals surface area contributed by atoms with Crippen LogP contribution >= 0.6 is 0 Å². The zero-order valence-electron chi connectivity index (χ0n) is 39.2. The van der Waals surface area contributed by atoms with Gasteiger partial charge in [0.25, 0.3) is 6.71 Å². The van der Waals surface area contributed by atoms with Crippen LogP contribution in [0.2, 0.25) is 0 Å². The van der Waals surface area contributed by atoms with Gasteiger partial charge in [0.15, 0.2) is 0 Å². The molecular weight excluding hydrogens is 844 g/mol. The average molecular weight is 895 g/mol. The third-order valence-electron chi connectivity index (χ3n) is 16.1. The Hall–Kier alpha value is -8.14. The van der Waals surface area contributed by atoms with Gasteiger partial charge in [-0.15, -0.1) is 0 Å². The average Bonchev–Trinajstić information content (AvgIpc) is 3.74. The van der Waals surface area contributed by atoms with Gasteiger partial charge in [-0.25, -0.2) is 0 Å². The Labute approximate surface area is 412 Å². The second-order valence-corrected chi connectivity index (χ2v) is 19.8. The maximum atomic E-state index is 2.59. The molecule has 0 radical (unpaired) electrons. The summed E-state index contributed by atoms with van der Waals surface area (Å²) in [5.41, 5.74) is 25.2. The van der Waals surface area contributed by atoms with Crippen LogP contribution < -0.4 is 26.2 Å².